The summed E-state index contributed by atoms with van der Waals surface area (Å²) in [5.41, 5.74) is 0. The van der Waals surface area contributed by atoms with Crippen LogP contribution in [-0.4, -0.2) is 44.1 Å². The Hall–Kier alpha value is -0.520. The lowest BCUT2D eigenvalue weighted by Gasteiger charge is -2.14. The molecule has 0 spiro atoms. The predicted octanol–water partition coefficient (Wildman–Crippen LogP) is 3.14. The molecule has 1 atom stereocenters. The van der Waals surface area contributed by atoms with E-state index in [0.717, 1.165) is 32.6 Å². The number of halogens is 2. The molecule has 4 nitrogen and oxygen atoms in total. The molecule has 1 aromatic carbocycles. The lowest BCUT2D eigenvalue weighted by molar-refractivity contribution is 0.103. The van der Waals surface area contributed by atoms with Gasteiger partial charge < -0.3 is 19.9 Å². The Labute approximate surface area is 136 Å². The van der Waals surface area contributed by atoms with Gasteiger partial charge in [-0.15, -0.1) is 0 Å². The smallest absolute Gasteiger partial charge is 0.138 e. The van der Waals surface area contributed by atoms with Gasteiger partial charge >= 0.3 is 0 Å². The summed E-state index contributed by atoms with van der Waals surface area (Å²) in [6.45, 7) is 5.09. The van der Waals surface area contributed by atoms with Gasteiger partial charge in [-0.2, -0.15) is 0 Å². The van der Waals surface area contributed by atoms with Crippen LogP contribution < -0.4 is 10.1 Å². The molecule has 0 fully saturated rings. The maximum Gasteiger partial charge on any atom is 0.138 e. The molecule has 2 N–H and O–H groups in total. The van der Waals surface area contributed by atoms with Crippen LogP contribution in [0, 0.1) is 0 Å². The monoisotopic (exact) mass is 335 g/mol. The largest absolute Gasteiger partial charge is 0.489 e. The summed E-state index contributed by atoms with van der Waals surface area (Å²) in [7, 11) is 0. The molecule has 1 rings (SSSR count). The van der Waals surface area contributed by atoms with Crippen LogP contribution in [0.15, 0.2) is 18.2 Å². The van der Waals surface area contributed by atoms with Crippen molar-refractivity contribution >= 4 is 23.2 Å². The molecule has 1 unspecified atom stereocenters. The van der Waals surface area contributed by atoms with E-state index in [1.807, 2.05) is 0 Å². The third kappa shape index (κ3) is 8.49. The van der Waals surface area contributed by atoms with Gasteiger partial charge in [0, 0.05) is 24.8 Å². The first-order valence-corrected chi connectivity index (χ1v) is 7.93. The molecule has 0 saturated carbocycles. The minimum absolute atomic E-state index is 0.181. The molecule has 120 valence electrons. The van der Waals surface area contributed by atoms with E-state index in [0.29, 0.717) is 22.3 Å². The van der Waals surface area contributed by atoms with Gasteiger partial charge in [0.25, 0.3) is 0 Å². The van der Waals surface area contributed by atoms with Crippen molar-refractivity contribution in [2.45, 2.75) is 25.9 Å². The summed E-state index contributed by atoms with van der Waals surface area (Å²) in [6, 6.07) is 5.00. The first-order valence-electron chi connectivity index (χ1n) is 7.18. The third-order valence-corrected chi connectivity index (χ3v) is 3.23. The molecule has 0 aliphatic carbocycles. The highest BCUT2D eigenvalue weighted by Crippen LogP contribution is 2.27. The summed E-state index contributed by atoms with van der Waals surface area (Å²) in [6.07, 6.45) is 1.38. The predicted molar refractivity (Wildman–Crippen MR) is 86.6 cm³/mol. The van der Waals surface area contributed by atoms with Crippen molar-refractivity contribution in [3.05, 3.63) is 28.2 Å². The fourth-order valence-corrected chi connectivity index (χ4v) is 2.11. The highest BCUT2D eigenvalue weighted by atomic mass is 35.5. The standard InChI is InChI=1S/C15H23Cl2NO3/c1-2-7-20-8-3-6-18-10-13(19)11-21-15-5-4-12(16)9-14(15)17/h4-5,9,13,18-19H,2-3,6-8,10-11H2,1H3. The molecular weight excluding hydrogens is 313 g/mol. The molecule has 0 amide bonds. The van der Waals surface area contributed by atoms with Gasteiger partial charge in [0.15, 0.2) is 0 Å². The van der Waals surface area contributed by atoms with E-state index in [2.05, 4.69) is 12.2 Å². The Balaban J connectivity index is 2.09. The van der Waals surface area contributed by atoms with Crippen molar-refractivity contribution in [1.29, 1.82) is 0 Å². The molecule has 0 radical (unpaired) electrons. The van der Waals surface area contributed by atoms with E-state index in [4.69, 9.17) is 32.7 Å². The van der Waals surface area contributed by atoms with Gasteiger partial charge in [-0.3, -0.25) is 0 Å². The summed E-state index contributed by atoms with van der Waals surface area (Å²) < 4.78 is 10.8. The van der Waals surface area contributed by atoms with E-state index < -0.39 is 6.10 Å². The minimum Gasteiger partial charge on any atom is -0.489 e. The highest BCUT2D eigenvalue weighted by molar-refractivity contribution is 6.35. The van der Waals surface area contributed by atoms with Gasteiger partial charge in [0.2, 0.25) is 0 Å². The van der Waals surface area contributed by atoms with E-state index >= 15 is 0 Å². The van der Waals surface area contributed by atoms with Crippen molar-refractivity contribution < 1.29 is 14.6 Å². The minimum atomic E-state index is -0.590. The Morgan fingerprint density at radius 1 is 1.29 bits per heavy atom. The average molecular weight is 336 g/mol. The number of nitrogens with one attached hydrogen (secondary N) is 1. The molecule has 0 aliphatic heterocycles. The zero-order valence-corrected chi connectivity index (χ0v) is 13.8. The van der Waals surface area contributed by atoms with Crippen molar-refractivity contribution in [2.75, 3.05) is 32.9 Å². The van der Waals surface area contributed by atoms with E-state index in [1.54, 1.807) is 18.2 Å². The second-order valence-electron chi connectivity index (χ2n) is 4.71. The lowest BCUT2D eigenvalue weighted by atomic mass is 10.3. The van der Waals surface area contributed by atoms with Crippen LogP contribution in [0.4, 0.5) is 0 Å². The van der Waals surface area contributed by atoms with Crippen LogP contribution in [0.3, 0.4) is 0 Å². The first-order chi connectivity index (χ1) is 10.1. The maximum absolute atomic E-state index is 9.81. The van der Waals surface area contributed by atoms with Gasteiger partial charge in [-0.05, 0) is 37.6 Å². The first kappa shape index (κ1) is 18.5. The molecule has 0 aromatic heterocycles. The molecule has 21 heavy (non-hydrogen) atoms. The van der Waals surface area contributed by atoms with Gasteiger partial charge in [0.05, 0.1) is 5.02 Å². The summed E-state index contributed by atoms with van der Waals surface area (Å²) >= 11 is 11.8. The molecule has 0 bridgehead atoms. The number of benzene rings is 1. The van der Waals surface area contributed by atoms with Crippen LogP contribution in [0.1, 0.15) is 19.8 Å². The fourth-order valence-electron chi connectivity index (χ4n) is 1.65. The number of hydrogen-bond acceptors (Lipinski definition) is 4. The molecule has 0 heterocycles. The van der Waals surface area contributed by atoms with Gasteiger partial charge in [-0.25, -0.2) is 0 Å². The lowest BCUT2D eigenvalue weighted by Crippen LogP contribution is -2.32. The van der Waals surface area contributed by atoms with Crippen LogP contribution in [0.5, 0.6) is 5.75 Å². The third-order valence-electron chi connectivity index (χ3n) is 2.70. The molecule has 6 heteroatoms. The second kappa shape index (κ2) is 11.1. The second-order valence-corrected chi connectivity index (χ2v) is 5.55. The van der Waals surface area contributed by atoms with Crippen LogP contribution in [0.25, 0.3) is 0 Å². The number of aliphatic hydroxyl groups is 1. The summed E-state index contributed by atoms with van der Waals surface area (Å²) in [4.78, 5) is 0. The normalized spacial score (nSPS) is 12.4. The molecule has 0 saturated heterocycles. The Morgan fingerprint density at radius 2 is 2.10 bits per heavy atom. The van der Waals surface area contributed by atoms with Crippen LogP contribution in [0.2, 0.25) is 10.0 Å². The SMILES string of the molecule is CCCOCCCNCC(O)COc1ccc(Cl)cc1Cl. The average Bonchev–Trinajstić information content (AvgIpc) is 2.45. The zero-order valence-electron chi connectivity index (χ0n) is 12.3. The van der Waals surface area contributed by atoms with Crippen LogP contribution in [-0.2, 0) is 4.74 Å². The van der Waals surface area contributed by atoms with Crippen molar-refractivity contribution in [3.63, 3.8) is 0 Å². The fraction of sp³-hybridized carbons (Fsp3) is 0.600. The summed E-state index contributed by atoms with van der Waals surface area (Å²) in [5.74, 6) is 0.521. The maximum atomic E-state index is 9.81. The van der Waals surface area contributed by atoms with Crippen molar-refractivity contribution in [3.8, 4) is 5.75 Å². The molecular formula is C15H23Cl2NO3. The Bertz CT molecular complexity index is 405. The van der Waals surface area contributed by atoms with E-state index in [-0.39, 0.29) is 6.61 Å². The van der Waals surface area contributed by atoms with Crippen LogP contribution >= 0.6 is 23.2 Å². The molecule has 0 aliphatic rings. The quantitative estimate of drug-likeness (QED) is 0.610. The van der Waals surface area contributed by atoms with Crippen molar-refractivity contribution in [2.24, 2.45) is 0 Å². The number of hydrogen-bond donors (Lipinski definition) is 2. The topological polar surface area (TPSA) is 50.7 Å². The van der Waals surface area contributed by atoms with E-state index in [1.165, 1.54) is 0 Å². The number of aliphatic hydroxyl groups excluding tert-OH is 1. The van der Waals surface area contributed by atoms with Crippen molar-refractivity contribution in [1.82, 2.24) is 5.32 Å². The van der Waals surface area contributed by atoms with E-state index in [9.17, 15) is 5.11 Å². The Kier molecular flexibility index (Phi) is 9.79. The highest BCUT2D eigenvalue weighted by Gasteiger charge is 2.07. The van der Waals surface area contributed by atoms with Gasteiger partial charge in [0.1, 0.15) is 18.5 Å². The number of ether oxygens (including phenoxy) is 2. The molecule has 1 aromatic rings. The number of rotatable bonds is 11. The summed E-state index contributed by atoms with van der Waals surface area (Å²) in [5, 5.41) is 14.0. The Morgan fingerprint density at radius 3 is 2.81 bits per heavy atom. The van der Waals surface area contributed by atoms with Gasteiger partial charge in [-0.1, -0.05) is 30.1 Å². The zero-order chi connectivity index (χ0) is 15.5.